The van der Waals surface area contributed by atoms with E-state index in [0.717, 1.165) is 16.8 Å². The van der Waals surface area contributed by atoms with Crippen molar-refractivity contribution in [2.75, 3.05) is 6.61 Å². The van der Waals surface area contributed by atoms with Gasteiger partial charge in [-0.15, -0.1) is 17.7 Å². The second-order valence-electron chi connectivity index (χ2n) is 5.56. The molecule has 11 heteroatoms. The molecular weight excluding hydrogens is 363 g/mol. The molecule has 1 aliphatic rings. The number of thiol groups is 1. The van der Waals surface area contributed by atoms with Gasteiger partial charge in [-0.25, -0.2) is 17.9 Å². The van der Waals surface area contributed by atoms with Crippen molar-refractivity contribution in [1.29, 1.82) is 0 Å². The van der Waals surface area contributed by atoms with E-state index in [-0.39, 0.29) is 11.3 Å². The van der Waals surface area contributed by atoms with E-state index in [1.807, 2.05) is 0 Å². The fourth-order valence-electron chi connectivity index (χ4n) is 2.65. The number of aliphatic hydroxyl groups excluding tert-OH is 3. The summed E-state index contributed by atoms with van der Waals surface area (Å²) >= 11 is 4.04. The molecular formula is C14H14F3N3O4S. The fraction of sp³-hybridized carbons (Fsp3) is 0.429. The summed E-state index contributed by atoms with van der Waals surface area (Å²) in [6, 6.07) is 0.438. The molecule has 1 aliphatic heterocycles. The van der Waals surface area contributed by atoms with E-state index in [1.165, 1.54) is 6.20 Å². The maximum atomic E-state index is 13.4. The molecule has 3 rings (SSSR count). The predicted molar refractivity (Wildman–Crippen MR) is 81.1 cm³/mol. The zero-order chi connectivity index (χ0) is 18.3. The van der Waals surface area contributed by atoms with E-state index in [2.05, 4.69) is 22.9 Å². The van der Waals surface area contributed by atoms with Gasteiger partial charge in [-0.1, -0.05) is 5.21 Å². The van der Waals surface area contributed by atoms with Crippen LogP contribution in [0.5, 0.6) is 0 Å². The quantitative estimate of drug-likeness (QED) is 0.453. The molecule has 2 heterocycles. The molecule has 136 valence electrons. The summed E-state index contributed by atoms with van der Waals surface area (Å²) in [4.78, 5) is 0. The summed E-state index contributed by atoms with van der Waals surface area (Å²) in [6.45, 7) is -0.516. The van der Waals surface area contributed by atoms with Crippen LogP contribution < -0.4 is 0 Å². The van der Waals surface area contributed by atoms with Crippen molar-refractivity contribution in [3.8, 4) is 11.3 Å². The molecule has 0 radical (unpaired) electrons. The van der Waals surface area contributed by atoms with Gasteiger partial charge < -0.3 is 20.1 Å². The van der Waals surface area contributed by atoms with Crippen LogP contribution in [-0.2, 0) is 4.74 Å². The minimum Gasteiger partial charge on any atom is -0.394 e. The molecule has 3 N–H and O–H groups in total. The van der Waals surface area contributed by atoms with Crippen LogP contribution in [0.1, 0.15) is 6.04 Å². The third-order valence-electron chi connectivity index (χ3n) is 3.96. The van der Waals surface area contributed by atoms with Crippen LogP contribution in [0, 0.1) is 17.5 Å². The number of benzene rings is 1. The van der Waals surface area contributed by atoms with Crippen molar-refractivity contribution in [3.63, 3.8) is 0 Å². The Hall–Kier alpha value is -1.66. The predicted octanol–water partition coefficient (Wildman–Crippen LogP) is 0.272. The number of ether oxygens (including phenoxy) is 1. The van der Waals surface area contributed by atoms with Crippen molar-refractivity contribution in [3.05, 3.63) is 35.8 Å². The second kappa shape index (κ2) is 6.92. The normalized spacial score (nSPS) is 29.8. The van der Waals surface area contributed by atoms with E-state index in [9.17, 15) is 28.5 Å². The molecule has 1 fully saturated rings. The van der Waals surface area contributed by atoms with Crippen molar-refractivity contribution in [2.45, 2.75) is 29.8 Å². The van der Waals surface area contributed by atoms with Crippen LogP contribution in [0.2, 0.25) is 0 Å². The van der Waals surface area contributed by atoms with Crippen molar-refractivity contribution in [1.82, 2.24) is 15.0 Å². The van der Waals surface area contributed by atoms with Gasteiger partial charge in [0.15, 0.2) is 17.5 Å². The lowest BCUT2D eigenvalue weighted by molar-refractivity contribution is -0.178. The Morgan fingerprint density at radius 3 is 2.40 bits per heavy atom. The van der Waals surface area contributed by atoms with Gasteiger partial charge in [0.25, 0.3) is 0 Å². The molecule has 7 nitrogen and oxygen atoms in total. The highest BCUT2D eigenvalue weighted by Gasteiger charge is 2.44. The Morgan fingerprint density at radius 1 is 1.16 bits per heavy atom. The first kappa shape index (κ1) is 18.1. The van der Waals surface area contributed by atoms with Gasteiger partial charge in [-0.05, 0) is 12.1 Å². The Bertz CT molecular complexity index is 755. The maximum Gasteiger partial charge on any atom is 0.194 e. The number of rotatable bonds is 3. The summed E-state index contributed by atoms with van der Waals surface area (Å²) in [7, 11) is 0. The van der Waals surface area contributed by atoms with E-state index < -0.39 is 53.8 Å². The Labute approximate surface area is 145 Å². The number of hydrogen-bond acceptors (Lipinski definition) is 7. The van der Waals surface area contributed by atoms with E-state index in [4.69, 9.17) is 4.74 Å². The molecule has 1 saturated heterocycles. The SMILES string of the molecule is OC[C@H]1O[C@H](S)[C@H](O)[C@@H](n2cc(-c3cc(F)c(F)c(F)c3)nn2)[C@H]1O. The topological polar surface area (TPSA) is 101 Å². The van der Waals surface area contributed by atoms with Gasteiger partial charge in [0.1, 0.15) is 35.5 Å². The number of halogens is 3. The second-order valence-corrected chi connectivity index (χ2v) is 6.07. The molecule has 0 amide bonds. The van der Waals surface area contributed by atoms with E-state index in [0.29, 0.717) is 0 Å². The summed E-state index contributed by atoms with van der Waals surface area (Å²) in [5, 5.41) is 37.1. The minimum absolute atomic E-state index is 0.0000420. The van der Waals surface area contributed by atoms with Crippen LogP contribution in [0.3, 0.4) is 0 Å². The molecule has 2 aromatic rings. The van der Waals surface area contributed by atoms with Crippen LogP contribution in [-0.4, -0.2) is 60.7 Å². The van der Waals surface area contributed by atoms with E-state index >= 15 is 0 Å². The average Bonchev–Trinajstić information content (AvgIpc) is 3.05. The van der Waals surface area contributed by atoms with Gasteiger partial charge in [0.05, 0.1) is 12.8 Å². The molecule has 0 saturated carbocycles. The average molecular weight is 377 g/mol. The summed E-state index contributed by atoms with van der Waals surface area (Å²) in [6.07, 6.45) is -2.41. The summed E-state index contributed by atoms with van der Waals surface area (Å²) < 4.78 is 46.0. The first-order valence-corrected chi connectivity index (χ1v) is 7.72. The van der Waals surface area contributed by atoms with Crippen LogP contribution in [0.15, 0.2) is 18.3 Å². The lowest BCUT2D eigenvalue weighted by atomic mass is 9.97. The molecule has 1 aromatic heterocycles. The number of nitrogens with zero attached hydrogens (tertiary/aromatic N) is 3. The Balaban J connectivity index is 1.95. The molecule has 0 unspecified atom stereocenters. The van der Waals surface area contributed by atoms with Crippen molar-refractivity contribution in [2.24, 2.45) is 0 Å². The lowest BCUT2D eigenvalue weighted by Gasteiger charge is -2.40. The number of hydrogen-bond donors (Lipinski definition) is 4. The molecule has 0 bridgehead atoms. The molecule has 0 spiro atoms. The Morgan fingerprint density at radius 2 is 1.80 bits per heavy atom. The van der Waals surface area contributed by atoms with Crippen LogP contribution in [0.25, 0.3) is 11.3 Å². The van der Waals surface area contributed by atoms with E-state index in [1.54, 1.807) is 0 Å². The van der Waals surface area contributed by atoms with Crippen molar-refractivity contribution >= 4 is 12.6 Å². The summed E-state index contributed by atoms with van der Waals surface area (Å²) in [5.74, 6) is -4.37. The maximum absolute atomic E-state index is 13.4. The highest BCUT2D eigenvalue weighted by Crippen LogP contribution is 2.32. The Kier molecular flexibility index (Phi) is 5.02. The van der Waals surface area contributed by atoms with Gasteiger partial charge in [0, 0.05) is 5.56 Å². The fourth-order valence-corrected chi connectivity index (χ4v) is 2.99. The number of aromatic nitrogens is 3. The first-order chi connectivity index (χ1) is 11.8. The molecule has 25 heavy (non-hydrogen) atoms. The number of aliphatic hydroxyl groups is 3. The lowest BCUT2D eigenvalue weighted by Crippen LogP contribution is -2.54. The van der Waals surface area contributed by atoms with Gasteiger partial charge in [-0.3, -0.25) is 0 Å². The smallest absolute Gasteiger partial charge is 0.194 e. The van der Waals surface area contributed by atoms with Crippen LogP contribution in [0.4, 0.5) is 13.2 Å². The van der Waals surface area contributed by atoms with Gasteiger partial charge in [-0.2, -0.15) is 0 Å². The van der Waals surface area contributed by atoms with Crippen LogP contribution >= 0.6 is 12.6 Å². The molecule has 0 aliphatic carbocycles. The first-order valence-electron chi connectivity index (χ1n) is 7.20. The molecule has 5 atom stereocenters. The molecule has 1 aromatic carbocycles. The van der Waals surface area contributed by atoms with Gasteiger partial charge >= 0.3 is 0 Å². The monoisotopic (exact) mass is 377 g/mol. The van der Waals surface area contributed by atoms with Gasteiger partial charge in [0.2, 0.25) is 0 Å². The zero-order valence-corrected chi connectivity index (χ0v) is 13.4. The standard InChI is InChI=1S/C14H14F3N3O4S/c15-6-1-5(2-7(16)10(6)17)8-3-20(19-18-8)11-12(22)9(4-21)24-14(25)13(11)23/h1-3,9,11-14,21-23,25H,4H2/t9-,11+,12+,13-,14-/m1/s1. The summed E-state index contributed by atoms with van der Waals surface area (Å²) in [5.41, 5.74) is -1.07. The zero-order valence-electron chi connectivity index (χ0n) is 12.5. The third-order valence-corrected chi connectivity index (χ3v) is 4.39. The minimum atomic E-state index is -1.60. The highest BCUT2D eigenvalue weighted by atomic mass is 32.1. The largest absolute Gasteiger partial charge is 0.394 e. The third kappa shape index (κ3) is 3.25. The highest BCUT2D eigenvalue weighted by molar-refractivity contribution is 7.80. The van der Waals surface area contributed by atoms with Crippen molar-refractivity contribution < 1.29 is 33.2 Å².